The zero-order valence-electron chi connectivity index (χ0n) is 9.05. The number of carboxylic acid groups (broad SMARTS) is 1. The van der Waals surface area contributed by atoms with Crippen molar-refractivity contribution in [1.29, 1.82) is 0 Å². The fourth-order valence-corrected chi connectivity index (χ4v) is 1.80. The molecule has 0 amide bonds. The van der Waals surface area contributed by atoms with Crippen molar-refractivity contribution >= 4 is 5.97 Å². The summed E-state index contributed by atoms with van der Waals surface area (Å²) in [7, 11) is 0. The maximum absolute atomic E-state index is 10.6. The van der Waals surface area contributed by atoms with Crippen LogP contribution >= 0.6 is 0 Å². The first-order valence-electron chi connectivity index (χ1n) is 5.34. The van der Waals surface area contributed by atoms with Gasteiger partial charge in [-0.2, -0.15) is 0 Å². The minimum atomic E-state index is -0.655. The van der Waals surface area contributed by atoms with Crippen LogP contribution in [0, 0.1) is 11.8 Å². The third-order valence-corrected chi connectivity index (χ3v) is 2.50. The van der Waals surface area contributed by atoms with E-state index in [2.05, 4.69) is 13.8 Å². The average molecular weight is 186 g/mol. The number of aliphatic carboxylic acids is 1. The molecule has 0 saturated heterocycles. The van der Waals surface area contributed by atoms with E-state index in [0.717, 1.165) is 19.3 Å². The van der Waals surface area contributed by atoms with E-state index in [0.29, 0.717) is 5.92 Å². The van der Waals surface area contributed by atoms with Crippen LogP contribution in [0.15, 0.2) is 0 Å². The lowest BCUT2D eigenvalue weighted by atomic mass is 9.89. The quantitative estimate of drug-likeness (QED) is 0.662. The van der Waals surface area contributed by atoms with Crippen LogP contribution in [-0.2, 0) is 4.79 Å². The summed E-state index contributed by atoms with van der Waals surface area (Å²) >= 11 is 0. The highest BCUT2D eigenvalue weighted by Crippen LogP contribution is 2.22. The predicted molar refractivity (Wildman–Crippen MR) is 54.7 cm³/mol. The molecule has 0 aliphatic heterocycles. The van der Waals surface area contributed by atoms with E-state index in [-0.39, 0.29) is 5.92 Å². The molecule has 1 unspecified atom stereocenters. The highest BCUT2D eigenvalue weighted by atomic mass is 16.4. The molecule has 1 atom stereocenters. The van der Waals surface area contributed by atoms with Crippen molar-refractivity contribution in [2.24, 2.45) is 11.8 Å². The van der Waals surface area contributed by atoms with Crippen LogP contribution in [-0.4, -0.2) is 11.1 Å². The van der Waals surface area contributed by atoms with Gasteiger partial charge >= 0.3 is 5.97 Å². The predicted octanol–water partition coefficient (Wildman–Crippen LogP) is 3.31. The Morgan fingerprint density at radius 3 is 2.00 bits per heavy atom. The molecular formula is C11H22O2. The van der Waals surface area contributed by atoms with Crippen molar-refractivity contribution in [3.05, 3.63) is 0 Å². The van der Waals surface area contributed by atoms with Gasteiger partial charge in [-0.05, 0) is 12.3 Å². The summed E-state index contributed by atoms with van der Waals surface area (Å²) in [6, 6.07) is 0. The van der Waals surface area contributed by atoms with Crippen LogP contribution < -0.4 is 0 Å². The van der Waals surface area contributed by atoms with E-state index in [9.17, 15) is 4.79 Å². The monoisotopic (exact) mass is 186 g/mol. The summed E-state index contributed by atoms with van der Waals surface area (Å²) in [6.07, 6.45) is 5.52. The zero-order valence-corrected chi connectivity index (χ0v) is 9.05. The Balaban J connectivity index is 3.85. The van der Waals surface area contributed by atoms with Crippen LogP contribution in [0.1, 0.15) is 52.9 Å². The molecule has 0 aromatic rings. The second-order valence-corrected chi connectivity index (χ2v) is 3.92. The van der Waals surface area contributed by atoms with Gasteiger partial charge in [-0.15, -0.1) is 0 Å². The van der Waals surface area contributed by atoms with Crippen molar-refractivity contribution in [2.75, 3.05) is 0 Å². The van der Waals surface area contributed by atoms with Gasteiger partial charge in [0.05, 0.1) is 5.92 Å². The van der Waals surface area contributed by atoms with Crippen molar-refractivity contribution in [2.45, 2.75) is 52.9 Å². The molecule has 0 saturated carbocycles. The number of hydrogen-bond donors (Lipinski definition) is 1. The summed E-state index contributed by atoms with van der Waals surface area (Å²) < 4.78 is 0. The summed E-state index contributed by atoms with van der Waals surface area (Å²) in [6.45, 7) is 6.13. The summed E-state index contributed by atoms with van der Waals surface area (Å²) in [5.41, 5.74) is 0. The van der Waals surface area contributed by atoms with E-state index in [1.54, 1.807) is 6.92 Å². The summed E-state index contributed by atoms with van der Waals surface area (Å²) in [5.74, 6) is -0.221. The number of rotatable bonds is 7. The fraction of sp³-hybridized carbons (Fsp3) is 0.909. The van der Waals surface area contributed by atoms with Gasteiger partial charge in [0.2, 0.25) is 0 Å². The molecule has 78 valence electrons. The maximum Gasteiger partial charge on any atom is 0.306 e. The lowest BCUT2D eigenvalue weighted by Crippen LogP contribution is -2.14. The van der Waals surface area contributed by atoms with Crippen molar-refractivity contribution < 1.29 is 9.90 Å². The number of hydrogen-bond acceptors (Lipinski definition) is 1. The Morgan fingerprint density at radius 2 is 1.69 bits per heavy atom. The minimum Gasteiger partial charge on any atom is -0.481 e. The molecule has 0 bridgehead atoms. The van der Waals surface area contributed by atoms with Crippen LogP contribution in [0.5, 0.6) is 0 Å². The second kappa shape index (κ2) is 6.93. The van der Waals surface area contributed by atoms with Gasteiger partial charge in [0.25, 0.3) is 0 Å². The SMILES string of the molecule is CCCC(CCC)CC(C)C(=O)O. The standard InChI is InChI=1S/C11H22O2/c1-4-6-10(7-5-2)8-9(3)11(12)13/h9-10H,4-8H2,1-3H3,(H,12,13). The van der Waals surface area contributed by atoms with Gasteiger partial charge in [0.1, 0.15) is 0 Å². The van der Waals surface area contributed by atoms with Gasteiger partial charge in [0, 0.05) is 0 Å². The molecule has 1 N–H and O–H groups in total. The molecule has 0 fully saturated rings. The van der Waals surface area contributed by atoms with Crippen LogP contribution in [0.2, 0.25) is 0 Å². The van der Waals surface area contributed by atoms with Gasteiger partial charge in [-0.1, -0.05) is 46.5 Å². The Hall–Kier alpha value is -0.530. The van der Waals surface area contributed by atoms with Crippen molar-refractivity contribution in [3.63, 3.8) is 0 Å². The third kappa shape index (κ3) is 5.67. The zero-order chi connectivity index (χ0) is 10.3. The molecule has 0 rings (SSSR count). The Labute approximate surface area is 81.3 Å². The molecule has 0 heterocycles. The van der Waals surface area contributed by atoms with Gasteiger partial charge in [0.15, 0.2) is 0 Å². The molecule has 0 aromatic carbocycles. The van der Waals surface area contributed by atoms with Crippen molar-refractivity contribution in [1.82, 2.24) is 0 Å². The smallest absolute Gasteiger partial charge is 0.306 e. The van der Waals surface area contributed by atoms with E-state index in [1.807, 2.05) is 0 Å². The summed E-state index contributed by atoms with van der Waals surface area (Å²) in [5, 5.41) is 8.77. The fourth-order valence-electron chi connectivity index (χ4n) is 1.80. The van der Waals surface area contributed by atoms with E-state index in [4.69, 9.17) is 5.11 Å². The molecule has 0 spiro atoms. The lowest BCUT2D eigenvalue weighted by Gasteiger charge is -2.17. The number of carbonyl (C=O) groups is 1. The maximum atomic E-state index is 10.6. The normalized spacial score (nSPS) is 13.2. The van der Waals surface area contributed by atoms with E-state index < -0.39 is 5.97 Å². The second-order valence-electron chi connectivity index (χ2n) is 3.92. The molecule has 0 aliphatic carbocycles. The summed E-state index contributed by atoms with van der Waals surface area (Å²) in [4.78, 5) is 10.6. The third-order valence-electron chi connectivity index (χ3n) is 2.50. The van der Waals surface area contributed by atoms with Crippen LogP contribution in [0.3, 0.4) is 0 Å². The first kappa shape index (κ1) is 12.5. The Bertz CT molecular complexity index is 137. The first-order valence-corrected chi connectivity index (χ1v) is 5.34. The highest BCUT2D eigenvalue weighted by molar-refractivity contribution is 5.69. The van der Waals surface area contributed by atoms with Gasteiger partial charge in [-0.25, -0.2) is 0 Å². The highest BCUT2D eigenvalue weighted by Gasteiger charge is 2.16. The molecule has 0 aliphatic rings. The van der Waals surface area contributed by atoms with Gasteiger partial charge < -0.3 is 5.11 Å². The molecule has 2 nitrogen and oxygen atoms in total. The van der Waals surface area contributed by atoms with Crippen LogP contribution in [0.25, 0.3) is 0 Å². The van der Waals surface area contributed by atoms with Crippen LogP contribution in [0.4, 0.5) is 0 Å². The number of carboxylic acids is 1. The molecule has 0 radical (unpaired) electrons. The van der Waals surface area contributed by atoms with E-state index in [1.165, 1.54) is 12.8 Å². The van der Waals surface area contributed by atoms with Gasteiger partial charge in [-0.3, -0.25) is 4.79 Å². The Morgan fingerprint density at radius 1 is 1.23 bits per heavy atom. The Kier molecular flexibility index (Phi) is 6.65. The molecule has 2 heteroatoms. The molecular weight excluding hydrogens is 164 g/mol. The largest absolute Gasteiger partial charge is 0.481 e. The molecule has 13 heavy (non-hydrogen) atoms. The van der Waals surface area contributed by atoms with E-state index >= 15 is 0 Å². The van der Waals surface area contributed by atoms with Crippen molar-refractivity contribution in [3.8, 4) is 0 Å². The lowest BCUT2D eigenvalue weighted by molar-refractivity contribution is -0.141. The molecule has 0 aromatic heterocycles. The first-order chi connectivity index (χ1) is 6.11. The topological polar surface area (TPSA) is 37.3 Å². The minimum absolute atomic E-state index is 0.178. The average Bonchev–Trinajstić information content (AvgIpc) is 2.05.